The lowest BCUT2D eigenvalue weighted by Crippen LogP contribution is -2.35. The van der Waals surface area contributed by atoms with Crippen molar-refractivity contribution in [1.82, 2.24) is 10.6 Å². The third-order valence-electron chi connectivity index (χ3n) is 4.38. The largest absolute Gasteiger partial charge is 0.317 e. The van der Waals surface area contributed by atoms with E-state index in [2.05, 4.69) is 64.7 Å². The second-order valence-electron chi connectivity index (χ2n) is 6.55. The predicted octanol–water partition coefficient (Wildman–Crippen LogP) is 3.71. The van der Waals surface area contributed by atoms with Gasteiger partial charge in [-0.2, -0.15) is 0 Å². The number of hydrogen-bond donors (Lipinski definition) is 2. The van der Waals surface area contributed by atoms with Crippen LogP contribution >= 0.6 is 15.9 Å². The van der Waals surface area contributed by atoms with E-state index >= 15 is 0 Å². The van der Waals surface area contributed by atoms with E-state index in [-0.39, 0.29) is 5.41 Å². The fourth-order valence-electron chi connectivity index (χ4n) is 2.88. The Balaban J connectivity index is 1.73. The molecule has 112 valence electrons. The summed E-state index contributed by atoms with van der Waals surface area (Å²) in [6.45, 7) is 9.22. The summed E-state index contributed by atoms with van der Waals surface area (Å²) in [6.07, 6.45) is 4.01. The molecule has 1 aromatic rings. The van der Waals surface area contributed by atoms with Crippen LogP contribution in [0.5, 0.6) is 0 Å². The van der Waals surface area contributed by atoms with E-state index in [0.717, 1.165) is 23.5 Å². The maximum Gasteiger partial charge on any atom is 0.0175 e. The minimum Gasteiger partial charge on any atom is -0.317 e. The van der Waals surface area contributed by atoms with Gasteiger partial charge in [-0.25, -0.2) is 0 Å². The van der Waals surface area contributed by atoms with Crippen LogP contribution in [0.3, 0.4) is 0 Å². The Morgan fingerprint density at radius 1 is 1.20 bits per heavy atom. The van der Waals surface area contributed by atoms with Gasteiger partial charge in [-0.1, -0.05) is 41.9 Å². The van der Waals surface area contributed by atoms with E-state index in [9.17, 15) is 0 Å². The predicted molar refractivity (Wildman–Crippen MR) is 90.2 cm³/mol. The van der Waals surface area contributed by atoms with E-state index in [1.807, 2.05) is 0 Å². The molecule has 1 aliphatic rings. The third kappa shape index (κ3) is 4.87. The number of nitrogens with one attached hydrogen (secondary N) is 2. The van der Waals surface area contributed by atoms with Crippen LogP contribution < -0.4 is 10.6 Å². The van der Waals surface area contributed by atoms with E-state index in [4.69, 9.17) is 0 Å². The molecule has 2 nitrogen and oxygen atoms in total. The summed E-state index contributed by atoms with van der Waals surface area (Å²) in [5.74, 6) is 0.916. The molecule has 1 aliphatic heterocycles. The molecule has 0 saturated carbocycles. The second kappa shape index (κ2) is 7.58. The SMILES string of the molecule is CC(C)(CNCCC1CCNCC1)c1ccc(Br)cc1. The zero-order chi connectivity index (χ0) is 14.4. The second-order valence-corrected chi connectivity index (χ2v) is 7.47. The van der Waals surface area contributed by atoms with Gasteiger partial charge in [-0.05, 0) is 62.5 Å². The number of benzene rings is 1. The quantitative estimate of drug-likeness (QED) is 0.772. The molecule has 0 atom stereocenters. The minimum atomic E-state index is 0.189. The van der Waals surface area contributed by atoms with Crippen molar-refractivity contribution < 1.29 is 0 Å². The van der Waals surface area contributed by atoms with Gasteiger partial charge in [0.2, 0.25) is 0 Å². The van der Waals surface area contributed by atoms with E-state index in [0.29, 0.717) is 0 Å². The summed E-state index contributed by atoms with van der Waals surface area (Å²) in [5.41, 5.74) is 1.59. The molecule has 1 saturated heterocycles. The normalized spacial score (nSPS) is 17.4. The number of piperidine rings is 1. The number of halogens is 1. The van der Waals surface area contributed by atoms with Crippen molar-refractivity contribution in [2.75, 3.05) is 26.2 Å². The molecule has 0 unspecified atom stereocenters. The van der Waals surface area contributed by atoms with Crippen LogP contribution in [0, 0.1) is 5.92 Å². The molecule has 1 heterocycles. The van der Waals surface area contributed by atoms with Gasteiger partial charge in [-0.3, -0.25) is 0 Å². The van der Waals surface area contributed by atoms with Gasteiger partial charge in [-0.15, -0.1) is 0 Å². The maximum atomic E-state index is 3.65. The van der Waals surface area contributed by atoms with Crippen molar-refractivity contribution in [1.29, 1.82) is 0 Å². The molecule has 2 rings (SSSR count). The molecule has 2 N–H and O–H groups in total. The van der Waals surface area contributed by atoms with Gasteiger partial charge in [0.1, 0.15) is 0 Å². The summed E-state index contributed by atoms with van der Waals surface area (Å²) in [5, 5.41) is 7.09. The molecule has 0 spiro atoms. The van der Waals surface area contributed by atoms with Gasteiger partial charge in [0.15, 0.2) is 0 Å². The highest BCUT2D eigenvalue weighted by Gasteiger charge is 2.20. The molecule has 0 aliphatic carbocycles. The molecule has 0 amide bonds. The Bertz CT molecular complexity index is 394. The first-order valence-electron chi connectivity index (χ1n) is 7.75. The summed E-state index contributed by atoms with van der Waals surface area (Å²) >= 11 is 3.50. The molecule has 0 bridgehead atoms. The Morgan fingerprint density at radius 3 is 2.50 bits per heavy atom. The van der Waals surface area contributed by atoms with Crippen LogP contribution in [0.15, 0.2) is 28.7 Å². The zero-order valence-corrected chi connectivity index (χ0v) is 14.3. The lowest BCUT2D eigenvalue weighted by atomic mass is 9.84. The third-order valence-corrected chi connectivity index (χ3v) is 4.91. The molecular formula is C17H27BrN2. The lowest BCUT2D eigenvalue weighted by Gasteiger charge is -2.27. The molecular weight excluding hydrogens is 312 g/mol. The van der Waals surface area contributed by atoms with Crippen molar-refractivity contribution in [3.8, 4) is 0 Å². The molecule has 1 fully saturated rings. The highest BCUT2D eigenvalue weighted by molar-refractivity contribution is 9.10. The smallest absolute Gasteiger partial charge is 0.0175 e. The van der Waals surface area contributed by atoms with Crippen molar-refractivity contribution >= 4 is 15.9 Å². The molecule has 0 aromatic heterocycles. The van der Waals surface area contributed by atoms with E-state index in [1.54, 1.807) is 0 Å². The number of rotatable bonds is 6. The van der Waals surface area contributed by atoms with Crippen molar-refractivity contribution in [2.45, 2.75) is 38.5 Å². The average molecular weight is 339 g/mol. The van der Waals surface area contributed by atoms with Gasteiger partial charge >= 0.3 is 0 Å². The lowest BCUT2D eigenvalue weighted by molar-refractivity contribution is 0.342. The monoisotopic (exact) mass is 338 g/mol. The first-order chi connectivity index (χ1) is 9.58. The van der Waals surface area contributed by atoms with Crippen LogP contribution in [0.2, 0.25) is 0 Å². The van der Waals surface area contributed by atoms with Crippen LogP contribution in [-0.2, 0) is 5.41 Å². The van der Waals surface area contributed by atoms with Crippen LogP contribution in [0.1, 0.15) is 38.7 Å². The molecule has 1 aromatic carbocycles. The van der Waals surface area contributed by atoms with Gasteiger partial charge in [0, 0.05) is 16.4 Å². The minimum absolute atomic E-state index is 0.189. The fourth-order valence-corrected chi connectivity index (χ4v) is 3.14. The topological polar surface area (TPSA) is 24.1 Å². The molecule has 3 heteroatoms. The number of hydrogen-bond acceptors (Lipinski definition) is 2. The first-order valence-corrected chi connectivity index (χ1v) is 8.55. The maximum absolute atomic E-state index is 3.65. The van der Waals surface area contributed by atoms with Gasteiger partial charge < -0.3 is 10.6 Å². The van der Waals surface area contributed by atoms with E-state index in [1.165, 1.54) is 37.9 Å². The highest BCUT2D eigenvalue weighted by atomic mass is 79.9. The highest BCUT2D eigenvalue weighted by Crippen LogP contribution is 2.24. The first kappa shape index (κ1) is 16.0. The summed E-state index contributed by atoms with van der Waals surface area (Å²) in [7, 11) is 0. The Morgan fingerprint density at radius 2 is 1.85 bits per heavy atom. The van der Waals surface area contributed by atoms with Crippen molar-refractivity contribution in [3.05, 3.63) is 34.3 Å². The van der Waals surface area contributed by atoms with Crippen LogP contribution in [-0.4, -0.2) is 26.2 Å². The van der Waals surface area contributed by atoms with E-state index < -0.39 is 0 Å². The van der Waals surface area contributed by atoms with Crippen molar-refractivity contribution in [3.63, 3.8) is 0 Å². The molecule has 0 radical (unpaired) electrons. The molecule has 20 heavy (non-hydrogen) atoms. The van der Waals surface area contributed by atoms with Crippen molar-refractivity contribution in [2.24, 2.45) is 5.92 Å². The summed E-state index contributed by atoms with van der Waals surface area (Å²) < 4.78 is 1.15. The summed E-state index contributed by atoms with van der Waals surface area (Å²) in [4.78, 5) is 0. The standard InChI is InChI=1S/C17H27BrN2/c1-17(2,15-3-5-16(18)6-4-15)13-20-12-9-14-7-10-19-11-8-14/h3-6,14,19-20H,7-13H2,1-2H3. The Labute approximate surface area is 131 Å². The van der Waals surface area contributed by atoms with Crippen LogP contribution in [0.25, 0.3) is 0 Å². The Hall–Kier alpha value is -0.380. The van der Waals surface area contributed by atoms with Gasteiger partial charge in [0.25, 0.3) is 0 Å². The fraction of sp³-hybridized carbons (Fsp3) is 0.647. The van der Waals surface area contributed by atoms with Crippen LogP contribution in [0.4, 0.5) is 0 Å². The zero-order valence-electron chi connectivity index (χ0n) is 12.7. The average Bonchev–Trinajstić information content (AvgIpc) is 2.45. The Kier molecular flexibility index (Phi) is 6.06. The van der Waals surface area contributed by atoms with Gasteiger partial charge in [0.05, 0.1) is 0 Å². The summed E-state index contributed by atoms with van der Waals surface area (Å²) in [6, 6.07) is 8.70.